The molecule has 130 valence electrons. The predicted molar refractivity (Wildman–Crippen MR) is 86.8 cm³/mol. The van der Waals surface area contributed by atoms with Crippen molar-refractivity contribution < 1.29 is 23.7 Å². The highest BCUT2D eigenvalue weighted by Gasteiger charge is 2.09. The van der Waals surface area contributed by atoms with Gasteiger partial charge in [-0.05, 0) is 19.8 Å². The van der Waals surface area contributed by atoms with Gasteiger partial charge in [-0.1, -0.05) is 51.9 Å². The molecule has 0 saturated carbocycles. The molecule has 2 N–H and O–H groups in total. The van der Waals surface area contributed by atoms with Gasteiger partial charge in [0.1, 0.15) is 0 Å². The van der Waals surface area contributed by atoms with Gasteiger partial charge in [-0.3, -0.25) is 4.57 Å². The summed E-state index contributed by atoms with van der Waals surface area (Å²) in [5.74, 6) is 0. The van der Waals surface area contributed by atoms with Crippen LogP contribution in [-0.2, 0) is 4.57 Å². The van der Waals surface area contributed by atoms with Crippen molar-refractivity contribution >= 4 is 7.82 Å². The molecule has 0 bridgehead atoms. The fraction of sp³-hybridized carbons (Fsp3) is 1.00. The van der Waals surface area contributed by atoms with Crippen LogP contribution in [-0.4, -0.2) is 41.5 Å². The quantitative estimate of drug-likeness (QED) is 0.347. The van der Waals surface area contributed by atoms with Gasteiger partial charge in [-0.25, -0.2) is 0 Å². The van der Waals surface area contributed by atoms with Crippen LogP contribution in [0.15, 0.2) is 0 Å². The summed E-state index contributed by atoms with van der Waals surface area (Å²) < 4.78 is 9.96. The summed E-state index contributed by atoms with van der Waals surface area (Å²) in [7, 11) is -0.213. The minimum absolute atomic E-state index is 1.19. The summed E-state index contributed by atoms with van der Waals surface area (Å²) in [6.45, 7) is 7.19. The van der Waals surface area contributed by atoms with Gasteiger partial charge in [-0.15, -0.1) is 0 Å². The molecule has 0 aliphatic heterocycles. The van der Waals surface area contributed by atoms with Crippen LogP contribution in [0.4, 0.5) is 0 Å². The van der Waals surface area contributed by atoms with E-state index in [0.29, 0.717) is 0 Å². The van der Waals surface area contributed by atoms with Gasteiger partial charge in [0.15, 0.2) is 0 Å². The number of nitrogens with zero attached hydrogens (tertiary/aromatic N) is 1. The monoisotopic (exact) mass is 325 g/mol. The van der Waals surface area contributed by atoms with Crippen LogP contribution < -0.4 is 4.89 Å². The lowest BCUT2D eigenvalue weighted by Crippen LogP contribution is -2.39. The van der Waals surface area contributed by atoms with E-state index in [1.165, 1.54) is 75.4 Å². The Morgan fingerprint density at radius 3 is 1.52 bits per heavy atom. The van der Waals surface area contributed by atoms with Gasteiger partial charge in [0.25, 0.3) is 7.82 Å². The van der Waals surface area contributed by atoms with Crippen molar-refractivity contribution in [3.05, 3.63) is 0 Å². The highest BCUT2D eigenvalue weighted by molar-refractivity contribution is 7.43. The minimum Gasteiger partial charge on any atom is -0.756 e. The number of hydrogen-bond acceptors (Lipinski definition) is 2. The summed E-state index contributed by atoms with van der Waals surface area (Å²) in [5, 5.41) is 0. The molecular weight excluding hydrogens is 289 g/mol. The van der Waals surface area contributed by atoms with E-state index in [1.54, 1.807) is 0 Å². The first-order chi connectivity index (χ1) is 9.62. The summed E-state index contributed by atoms with van der Waals surface area (Å²) >= 11 is 0. The number of rotatable bonds is 11. The number of quaternary nitrogens is 1. The van der Waals surface area contributed by atoms with Crippen LogP contribution in [0, 0.1) is 0 Å². The summed E-state index contributed by atoms with van der Waals surface area (Å²) in [4.78, 5) is 22.9. The van der Waals surface area contributed by atoms with Crippen molar-refractivity contribution in [1.82, 2.24) is 0 Å². The average Bonchev–Trinajstić information content (AvgIpc) is 2.35. The first-order valence-electron chi connectivity index (χ1n) is 8.21. The standard InChI is InChI=1S/C15H34N.H3O4P/c1-5-7-8-9-10-11-12-13-14-15-16(3,4)6-2;1-5(2,3)4/h5-15H2,1-4H3;(H3,1,2,3,4)/q+1;/p-1. The molecule has 0 atom stereocenters. The van der Waals surface area contributed by atoms with Crippen molar-refractivity contribution in [2.45, 2.75) is 71.6 Å². The second-order valence-electron chi connectivity index (χ2n) is 6.29. The van der Waals surface area contributed by atoms with Gasteiger partial charge in [0, 0.05) is 0 Å². The Morgan fingerprint density at radius 2 is 1.19 bits per heavy atom. The van der Waals surface area contributed by atoms with Crippen LogP contribution >= 0.6 is 7.82 Å². The van der Waals surface area contributed by atoms with Crippen molar-refractivity contribution in [2.75, 3.05) is 27.2 Å². The molecule has 0 heterocycles. The Balaban J connectivity index is 0. The highest BCUT2D eigenvalue weighted by Crippen LogP contribution is 2.19. The number of unbranched alkanes of at least 4 members (excludes halogenated alkanes) is 8. The summed E-state index contributed by atoms with van der Waals surface area (Å²) in [6.07, 6.45) is 12.9. The van der Waals surface area contributed by atoms with E-state index in [-0.39, 0.29) is 0 Å². The molecule has 0 spiro atoms. The van der Waals surface area contributed by atoms with E-state index >= 15 is 0 Å². The Bertz CT molecular complexity index is 258. The van der Waals surface area contributed by atoms with Crippen LogP contribution in [0.2, 0.25) is 0 Å². The molecule has 5 nitrogen and oxygen atoms in total. The molecule has 0 fully saturated rings. The van der Waals surface area contributed by atoms with E-state index in [0.717, 1.165) is 0 Å². The highest BCUT2D eigenvalue weighted by atomic mass is 31.2. The molecule has 0 aromatic carbocycles. The second kappa shape index (κ2) is 13.7. The van der Waals surface area contributed by atoms with Gasteiger partial charge >= 0.3 is 0 Å². The first-order valence-corrected chi connectivity index (χ1v) is 9.74. The largest absolute Gasteiger partial charge is 0.756 e. The molecular formula is C15H36NO4P. The summed E-state index contributed by atoms with van der Waals surface area (Å²) in [5.41, 5.74) is 0. The zero-order valence-electron chi connectivity index (χ0n) is 14.4. The van der Waals surface area contributed by atoms with Crippen molar-refractivity contribution in [1.29, 1.82) is 0 Å². The molecule has 0 aromatic heterocycles. The number of hydrogen-bond donors (Lipinski definition) is 2. The van der Waals surface area contributed by atoms with E-state index in [1.807, 2.05) is 0 Å². The van der Waals surface area contributed by atoms with Crippen molar-refractivity contribution in [3.8, 4) is 0 Å². The Kier molecular flexibility index (Phi) is 15.2. The third-order valence-electron chi connectivity index (χ3n) is 3.72. The maximum absolute atomic E-state index is 8.77. The van der Waals surface area contributed by atoms with Crippen LogP contribution in [0.1, 0.15) is 71.6 Å². The second-order valence-corrected chi connectivity index (χ2v) is 7.28. The van der Waals surface area contributed by atoms with Crippen LogP contribution in [0.3, 0.4) is 0 Å². The smallest absolute Gasteiger partial charge is 0.262 e. The molecule has 0 unspecified atom stereocenters. The predicted octanol–water partition coefficient (Wildman–Crippen LogP) is 3.05. The molecule has 0 rings (SSSR count). The van der Waals surface area contributed by atoms with Gasteiger partial charge in [0.05, 0.1) is 27.2 Å². The van der Waals surface area contributed by atoms with Gasteiger partial charge in [-0.2, -0.15) is 0 Å². The normalized spacial score (nSPS) is 12.0. The van der Waals surface area contributed by atoms with Gasteiger partial charge < -0.3 is 19.2 Å². The van der Waals surface area contributed by atoms with Crippen molar-refractivity contribution in [2.24, 2.45) is 0 Å². The van der Waals surface area contributed by atoms with Gasteiger partial charge in [0.2, 0.25) is 0 Å². The van der Waals surface area contributed by atoms with E-state index in [9.17, 15) is 0 Å². The molecule has 6 heteroatoms. The van der Waals surface area contributed by atoms with E-state index in [4.69, 9.17) is 19.2 Å². The van der Waals surface area contributed by atoms with E-state index < -0.39 is 7.82 Å². The zero-order valence-corrected chi connectivity index (χ0v) is 15.3. The SMILES string of the molecule is CCCCCCCCCCC[N+](C)(C)CC.O=P([O-])(O)O. The Labute approximate surface area is 131 Å². The van der Waals surface area contributed by atoms with Crippen LogP contribution in [0.25, 0.3) is 0 Å². The van der Waals surface area contributed by atoms with E-state index in [2.05, 4.69) is 27.9 Å². The van der Waals surface area contributed by atoms with Crippen molar-refractivity contribution in [3.63, 3.8) is 0 Å². The number of phosphoric acid groups is 1. The molecule has 0 aliphatic rings. The maximum atomic E-state index is 8.77. The molecule has 0 aliphatic carbocycles. The molecule has 0 radical (unpaired) electrons. The maximum Gasteiger partial charge on any atom is 0.262 e. The lowest BCUT2D eigenvalue weighted by molar-refractivity contribution is -0.888. The Morgan fingerprint density at radius 1 is 0.857 bits per heavy atom. The third-order valence-corrected chi connectivity index (χ3v) is 3.72. The zero-order chi connectivity index (χ0) is 16.8. The molecule has 0 amide bonds. The van der Waals surface area contributed by atoms with Crippen LogP contribution in [0.5, 0.6) is 0 Å². The molecule has 0 aromatic rings. The summed E-state index contributed by atoms with van der Waals surface area (Å²) in [6, 6.07) is 0. The lowest BCUT2D eigenvalue weighted by atomic mass is 10.1. The first kappa shape index (κ1) is 23.3. The minimum atomic E-state index is -4.89. The third kappa shape index (κ3) is 28.9. The topological polar surface area (TPSA) is 80.6 Å². The average molecular weight is 325 g/mol. The Hall–Kier alpha value is 0.0700. The fourth-order valence-corrected chi connectivity index (χ4v) is 2.01. The fourth-order valence-electron chi connectivity index (χ4n) is 2.01. The molecule has 0 saturated heterocycles. The molecule has 21 heavy (non-hydrogen) atoms. The lowest BCUT2D eigenvalue weighted by Gasteiger charge is -2.28.